The van der Waals surface area contributed by atoms with Crippen molar-refractivity contribution >= 4 is 33.1 Å². The molecule has 0 aromatic heterocycles. The van der Waals surface area contributed by atoms with E-state index in [0.29, 0.717) is 0 Å². The fraction of sp³-hybridized carbons (Fsp3) is 0.0714. The second-order valence-electron chi connectivity index (χ2n) is 4.20. The number of halogens is 1. The third kappa shape index (κ3) is 3.53. The van der Waals surface area contributed by atoms with E-state index in [4.69, 9.17) is 16.7 Å². The maximum atomic E-state index is 12.6. The summed E-state index contributed by atoms with van der Waals surface area (Å²) in [6.45, 7) is -0.390. The zero-order chi connectivity index (χ0) is 15.5. The molecule has 21 heavy (non-hydrogen) atoms. The number of nitrogens with one attached hydrogen (secondary N) is 1. The number of rotatable bonds is 5. The molecule has 2 aromatic rings. The van der Waals surface area contributed by atoms with Gasteiger partial charge in [0.2, 0.25) is 9.84 Å². The maximum Gasteiger partial charge on any atom is 0.322 e. The first-order chi connectivity index (χ1) is 9.91. The summed E-state index contributed by atoms with van der Waals surface area (Å²) in [6.07, 6.45) is 0. The first-order valence-electron chi connectivity index (χ1n) is 5.96. The highest BCUT2D eigenvalue weighted by atomic mass is 35.5. The molecule has 0 aliphatic carbocycles. The molecular weight excluding hydrogens is 314 g/mol. The predicted octanol–water partition coefficient (Wildman–Crippen LogP) is 2.67. The minimum Gasteiger partial charge on any atom is -0.480 e. The Morgan fingerprint density at radius 1 is 1.14 bits per heavy atom. The lowest BCUT2D eigenvalue weighted by atomic mass is 10.3. The van der Waals surface area contributed by atoms with E-state index in [9.17, 15) is 13.2 Å². The summed E-state index contributed by atoms with van der Waals surface area (Å²) < 4.78 is 25.2. The van der Waals surface area contributed by atoms with Gasteiger partial charge in [-0.1, -0.05) is 29.8 Å². The fourth-order valence-corrected chi connectivity index (χ4v) is 3.48. The monoisotopic (exact) mass is 325 g/mol. The highest BCUT2D eigenvalue weighted by molar-refractivity contribution is 7.91. The number of carboxylic acid groups (broad SMARTS) is 1. The first-order valence-corrected chi connectivity index (χ1v) is 7.83. The number of benzene rings is 2. The van der Waals surface area contributed by atoms with Crippen LogP contribution in [0, 0.1) is 0 Å². The Morgan fingerprint density at radius 3 is 2.43 bits per heavy atom. The van der Waals surface area contributed by atoms with Crippen LogP contribution in [0.15, 0.2) is 58.3 Å². The van der Waals surface area contributed by atoms with Gasteiger partial charge in [0.05, 0.1) is 15.5 Å². The van der Waals surface area contributed by atoms with E-state index < -0.39 is 15.8 Å². The molecule has 0 saturated carbocycles. The van der Waals surface area contributed by atoms with Crippen molar-refractivity contribution in [1.82, 2.24) is 0 Å². The first kappa shape index (κ1) is 15.3. The number of carbonyl (C=O) groups is 1. The van der Waals surface area contributed by atoms with Crippen LogP contribution in [0.5, 0.6) is 0 Å². The summed E-state index contributed by atoms with van der Waals surface area (Å²) in [5.74, 6) is -1.09. The average Bonchev–Trinajstić information content (AvgIpc) is 2.46. The van der Waals surface area contributed by atoms with Gasteiger partial charge in [-0.2, -0.15) is 0 Å². The molecule has 110 valence electrons. The topological polar surface area (TPSA) is 83.5 Å². The normalized spacial score (nSPS) is 11.1. The standard InChI is InChI=1S/C14H12ClNO4S/c15-10-6-7-12(16-9-14(17)18)13(8-10)21(19,20)11-4-2-1-3-5-11/h1-8,16H,9H2,(H,17,18). The smallest absolute Gasteiger partial charge is 0.322 e. The molecule has 0 bridgehead atoms. The Balaban J connectivity index is 2.51. The maximum absolute atomic E-state index is 12.6. The quantitative estimate of drug-likeness (QED) is 0.883. The summed E-state index contributed by atoms with van der Waals surface area (Å²) >= 11 is 5.86. The molecule has 0 spiro atoms. The molecule has 0 saturated heterocycles. The molecule has 0 amide bonds. The predicted molar refractivity (Wildman–Crippen MR) is 79.5 cm³/mol. The third-order valence-corrected chi connectivity index (χ3v) is 4.76. The van der Waals surface area contributed by atoms with Crippen molar-refractivity contribution in [3.8, 4) is 0 Å². The Kier molecular flexibility index (Phi) is 4.50. The Hall–Kier alpha value is -2.05. The molecule has 2 N–H and O–H groups in total. The van der Waals surface area contributed by atoms with Gasteiger partial charge in [0.1, 0.15) is 6.54 Å². The van der Waals surface area contributed by atoms with Crippen LogP contribution in [0.3, 0.4) is 0 Å². The van der Waals surface area contributed by atoms with E-state index in [2.05, 4.69) is 5.32 Å². The minimum atomic E-state index is -3.78. The second kappa shape index (κ2) is 6.15. The van der Waals surface area contributed by atoms with Gasteiger partial charge in [0.25, 0.3) is 0 Å². The largest absolute Gasteiger partial charge is 0.480 e. The van der Waals surface area contributed by atoms with Crippen molar-refractivity contribution in [2.75, 3.05) is 11.9 Å². The lowest BCUT2D eigenvalue weighted by molar-refractivity contribution is -0.134. The van der Waals surface area contributed by atoms with Crippen molar-refractivity contribution in [3.05, 3.63) is 53.6 Å². The van der Waals surface area contributed by atoms with E-state index in [1.165, 1.54) is 30.3 Å². The molecule has 0 fully saturated rings. The van der Waals surface area contributed by atoms with E-state index in [-0.39, 0.29) is 27.0 Å². The number of carboxylic acids is 1. The van der Waals surface area contributed by atoms with Gasteiger partial charge in [-0.25, -0.2) is 8.42 Å². The van der Waals surface area contributed by atoms with Crippen molar-refractivity contribution in [3.63, 3.8) is 0 Å². The van der Waals surface area contributed by atoms with Crippen molar-refractivity contribution in [1.29, 1.82) is 0 Å². The molecule has 0 heterocycles. The third-order valence-electron chi connectivity index (χ3n) is 2.72. The van der Waals surface area contributed by atoms with Crippen LogP contribution >= 0.6 is 11.6 Å². The lowest BCUT2D eigenvalue weighted by Crippen LogP contribution is -2.15. The Labute approximate surface area is 127 Å². The molecule has 0 atom stereocenters. The summed E-state index contributed by atoms with van der Waals surface area (Å²) in [7, 11) is -3.78. The van der Waals surface area contributed by atoms with Gasteiger partial charge >= 0.3 is 5.97 Å². The molecule has 7 heteroatoms. The summed E-state index contributed by atoms with van der Waals surface area (Å²) in [5, 5.41) is 11.5. The Bertz CT molecular complexity index is 760. The van der Waals surface area contributed by atoms with Gasteiger partial charge in [-0.3, -0.25) is 4.79 Å². The zero-order valence-corrected chi connectivity index (χ0v) is 12.4. The molecule has 0 aliphatic heterocycles. The van der Waals surface area contributed by atoms with Crippen LogP contribution in [0.25, 0.3) is 0 Å². The fourth-order valence-electron chi connectivity index (χ4n) is 1.76. The van der Waals surface area contributed by atoms with E-state index >= 15 is 0 Å². The van der Waals surface area contributed by atoms with Crippen LogP contribution in [0.4, 0.5) is 5.69 Å². The highest BCUT2D eigenvalue weighted by Crippen LogP contribution is 2.30. The van der Waals surface area contributed by atoms with Crippen molar-refractivity contribution in [2.24, 2.45) is 0 Å². The van der Waals surface area contributed by atoms with Gasteiger partial charge in [-0.05, 0) is 30.3 Å². The SMILES string of the molecule is O=C(O)CNc1ccc(Cl)cc1S(=O)(=O)c1ccccc1. The summed E-state index contributed by atoms with van der Waals surface area (Å²) in [4.78, 5) is 10.7. The number of aliphatic carboxylic acids is 1. The minimum absolute atomic E-state index is 0.0533. The van der Waals surface area contributed by atoms with Crippen LogP contribution in [-0.4, -0.2) is 26.0 Å². The number of sulfone groups is 1. The molecule has 0 radical (unpaired) electrons. The molecule has 2 aromatic carbocycles. The van der Waals surface area contributed by atoms with Gasteiger partial charge in [0.15, 0.2) is 0 Å². The second-order valence-corrected chi connectivity index (χ2v) is 6.56. The van der Waals surface area contributed by atoms with Crippen molar-refractivity contribution < 1.29 is 18.3 Å². The van der Waals surface area contributed by atoms with Gasteiger partial charge < -0.3 is 10.4 Å². The molecular formula is C14H12ClNO4S. The number of hydrogen-bond donors (Lipinski definition) is 2. The van der Waals surface area contributed by atoms with E-state index in [1.807, 2.05) is 0 Å². The molecule has 0 unspecified atom stereocenters. The van der Waals surface area contributed by atoms with Gasteiger partial charge in [-0.15, -0.1) is 0 Å². The molecule has 2 rings (SSSR count). The summed E-state index contributed by atoms with van der Waals surface area (Å²) in [6, 6.07) is 12.1. The van der Waals surface area contributed by atoms with Crippen LogP contribution in [0.2, 0.25) is 5.02 Å². The number of anilines is 1. The van der Waals surface area contributed by atoms with E-state index in [0.717, 1.165) is 0 Å². The van der Waals surface area contributed by atoms with Crippen molar-refractivity contribution in [2.45, 2.75) is 9.79 Å². The number of hydrogen-bond acceptors (Lipinski definition) is 4. The van der Waals surface area contributed by atoms with E-state index in [1.54, 1.807) is 18.2 Å². The Morgan fingerprint density at radius 2 is 1.81 bits per heavy atom. The average molecular weight is 326 g/mol. The van der Waals surface area contributed by atoms with Gasteiger partial charge in [0, 0.05) is 5.02 Å². The lowest BCUT2D eigenvalue weighted by Gasteiger charge is -2.12. The highest BCUT2D eigenvalue weighted by Gasteiger charge is 2.21. The summed E-state index contributed by atoms with van der Waals surface area (Å²) in [5.41, 5.74) is 0.200. The van der Waals surface area contributed by atoms with Crippen LogP contribution < -0.4 is 5.32 Å². The zero-order valence-electron chi connectivity index (χ0n) is 10.8. The van der Waals surface area contributed by atoms with Crippen LogP contribution in [-0.2, 0) is 14.6 Å². The molecule has 0 aliphatic rings. The van der Waals surface area contributed by atoms with Crippen LogP contribution in [0.1, 0.15) is 0 Å². The molecule has 5 nitrogen and oxygen atoms in total.